The fourth-order valence-corrected chi connectivity index (χ4v) is 2.25. The molecule has 2 aromatic carbocycles. The van der Waals surface area contributed by atoms with E-state index >= 15 is 0 Å². The van der Waals surface area contributed by atoms with Crippen LogP contribution in [-0.2, 0) is 0 Å². The Morgan fingerprint density at radius 3 is 2.79 bits per heavy atom. The van der Waals surface area contributed by atoms with Gasteiger partial charge in [0.25, 0.3) is 0 Å². The van der Waals surface area contributed by atoms with Gasteiger partial charge in [-0.1, -0.05) is 70.5 Å². The Balaban J connectivity index is 2.12. The maximum absolute atomic E-state index is 5.31. The van der Waals surface area contributed by atoms with Crippen molar-refractivity contribution >= 4 is 26.7 Å². The Hall–Kier alpha value is -1.68. The highest BCUT2D eigenvalue weighted by molar-refractivity contribution is 9.09. The largest absolute Gasteiger partial charge is 0.338 e. The third-order valence-electron chi connectivity index (χ3n) is 3.10. The molecule has 1 unspecified atom stereocenters. The van der Waals surface area contributed by atoms with Crippen molar-refractivity contribution < 1.29 is 4.52 Å². The highest BCUT2D eigenvalue weighted by atomic mass is 79.9. The van der Waals surface area contributed by atoms with E-state index in [9.17, 15) is 0 Å². The first-order chi connectivity index (χ1) is 9.29. The zero-order valence-corrected chi connectivity index (χ0v) is 12.1. The molecule has 4 heteroatoms. The number of aromatic nitrogens is 2. The van der Waals surface area contributed by atoms with Crippen LogP contribution in [0.1, 0.15) is 24.1 Å². The Labute approximate surface area is 119 Å². The third kappa shape index (κ3) is 2.28. The minimum Gasteiger partial charge on any atom is -0.338 e. The molecule has 1 heterocycles. The number of nitrogens with zero attached hydrogens (tertiary/aromatic N) is 2. The zero-order chi connectivity index (χ0) is 13.2. The van der Waals surface area contributed by atoms with Crippen molar-refractivity contribution in [2.75, 3.05) is 0 Å². The predicted octanol–water partition coefficient (Wildman–Crippen LogP) is 4.74. The van der Waals surface area contributed by atoms with Crippen LogP contribution in [0.25, 0.3) is 22.2 Å². The number of hydrogen-bond acceptors (Lipinski definition) is 3. The van der Waals surface area contributed by atoms with E-state index in [0.29, 0.717) is 11.7 Å². The van der Waals surface area contributed by atoms with E-state index in [-0.39, 0.29) is 4.83 Å². The maximum Gasteiger partial charge on any atom is 0.240 e. The lowest BCUT2D eigenvalue weighted by Crippen LogP contribution is -1.88. The van der Waals surface area contributed by atoms with E-state index in [2.05, 4.69) is 51.2 Å². The minimum atomic E-state index is 0.115. The summed E-state index contributed by atoms with van der Waals surface area (Å²) in [6.45, 7) is 2.07. The van der Waals surface area contributed by atoms with Crippen molar-refractivity contribution in [1.82, 2.24) is 10.1 Å². The van der Waals surface area contributed by atoms with Gasteiger partial charge in [-0.2, -0.15) is 4.98 Å². The average molecular weight is 317 g/mol. The van der Waals surface area contributed by atoms with Crippen molar-refractivity contribution in [2.24, 2.45) is 0 Å². The molecular formula is C15H13BrN2O. The van der Waals surface area contributed by atoms with Crippen molar-refractivity contribution in [3.63, 3.8) is 0 Å². The molecular weight excluding hydrogens is 304 g/mol. The summed E-state index contributed by atoms with van der Waals surface area (Å²) in [6, 6.07) is 14.3. The van der Waals surface area contributed by atoms with E-state index in [1.165, 1.54) is 5.39 Å². The summed E-state index contributed by atoms with van der Waals surface area (Å²) < 4.78 is 5.31. The van der Waals surface area contributed by atoms with Crippen molar-refractivity contribution in [2.45, 2.75) is 18.2 Å². The van der Waals surface area contributed by atoms with Crippen molar-refractivity contribution in [1.29, 1.82) is 0 Å². The minimum absolute atomic E-state index is 0.115. The van der Waals surface area contributed by atoms with Gasteiger partial charge in [0.1, 0.15) is 0 Å². The number of rotatable bonds is 3. The molecule has 0 aliphatic heterocycles. The van der Waals surface area contributed by atoms with Crippen LogP contribution in [0, 0.1) is 0 Å². The summed E-state index contributed by atoms with van der Waals surface area (Å²) in [5.41, 5.74) is 1.00. The van der Waals surface area contributed by atoms with Crippen LogP contribution < -0.4 is 0 Å². The van der Waals surface area contributed by atoms with Gasteiger partial charge in [0, 0.05) is 5.56 Å². The van der Waals surface area contributed by atoms with Crippen molar-refractivity contribution in [3.8, 4) is 11.4 Å². The van der Waals surface area contributed by atoms with Crippen LogP contribution in [0.4, 0.5) is 0 Å². The highest BCUT2D eigenvalue weighted by Crippen LogP contribution is 2.30. The normalized spacial score (nSPS) is 12.7. The molecule has 3 aromatic rings. The molecule has 1 aromatic heterocycles. The van der Waals surface area contributed by atoms with Gasteiger partial charge in [-0.3, -0.25) is 0 Å². The van der Waals surface area contributed by atoms with E-state index < -0.39 is 0 Å². The smallest absolute Gasteiger partial charge is 0.240 e. The van der Waals surface area contributed by atoms with Crippen LogP contribution in [0.3, 0.4) is 0 Å². The second kappa shape index (κ2) is 5.13. The fourth-order valence-electron chi connectivity index (χ4n) is 2.07. The first-order valence-electron chi connectivity index (χ1n) is 6.25. The second-order valence-corrected chi connectivity index (χ2v) is 5.46. The van der Waals surface area contributed by atoms with Gasteiger partial charge in [0.05, 0.1) is 4.83 Å². The van der Waals surface area contributed by atoms with Gasteiger partial charge in [-0.25, -0.2) is 0 Å². The van der Waals surface area contributed by atoms with Gasteiger partial charge >= 0.3 is 0 Å². The molecule has 1 atom stereocenters. The molecule has 96 valence electrons. The first kappa shape index (κ1) is 12.4. The summed E-state index contributed by atoms with van der Waals surface area (Å²) in [5.74, 6) is 1.27. The van der Waals surface area contributed by atoms with Gasteiger partial charge in [0.2, 0.25) is 11.7 Å². The molecule has 0 aliphatic rings. The summed E-state index contributed by atoms with van der Waals surface area (Å²) in [5, 5.41) is 6.41. The van der Waals surface area contributed by atoms with Crippen LogP contribution in [0.5, 0.6) is 0 Å². The summed E-state index contributed by atoms with van der Waals surface area (Å²) in [7, 11) is 0. The van der Waals surface area contributed by atoms with Crippen LogP contribution in [0.15, 0.2) is 47.0 Å². The zero-order valence-electron chi connectivity index (χ0n) is 10.5. The van der Waals surface area contributed by atoms with Crippen molar-refractivity contribution in [3.05, 3.63) is 48.4 Å². The quantitative estimate of drug-likeness (QED) is 0.655. The van der Waals surface area contributed by atoms with E-state index in [1.54, 1.807) is 0 Å². The lowest BCUT2D eigenvalue weighted by Gasteiger charge is -2.01. The number of halogens is 1. The van der Waals surface area contributed by atoms with Gasteiger partial charge in [-0.15, -0.1) is 0 Å². The van der Waals surface area contributed by atoms with E-state index in [4.69, 9.17) is 4.52 Å². The molecule has 0 fully saturated rings. The standard InChI is InChI=1S/C15H13BrN2O/c1-2-13(16)15-17-14(18-19-15)12-9-5-7-10-6-3-4-8-11(10)12/h3-9,13H,2H2,1H3. The van der Waals surface area contributed by atoms with E-state index in [1.807, 2.05) is 24.3 Å². The Morgan fingerprint density at radius 1 is 1.16 bits per heavy atom. The summed E-state index contributed by atoms with van der Waals surface area (Å²) >= 11 is 3.52. The molecule has 0 aliphatic carbocycles. The third-order valence-corrected chi connectivity index (χ3v) is 4.14. The number of alkyl halides is 1. The lowest BCUT2D eigenvalue weighted by molar-refractivity contribution is 0.377. The van der Waals surface area contributed by atoms with Gasteiger partial charge < -0.3 is 4.52 Å². The lowest BCUT2D eigenvalue weighted by atomic mass is 10.0. The van der Waals surface area contributed by atoms with Crippen LogP contribution >= 0.6 is 15.9 Å². The topological polar surface area (TPSA) is 38.9 Å². The molecule has 0 spiro atoms. The predicted molar refractivity (Wildman–Crippen MR) is 79.2 cm³/mol. The summed E-state index contributed by atoms with van der Waals surface area (Å²) in [4.78, 5) is 4.59. The number of fused-ring (bicyclic) bond motifs is 1. The highest BCUT2D eigenvalue weighted by Gasteiger charge is 2.16. The number of benzene rings is 2. The first-order valence-corrected chi connectivity index (χ1v) is 7.17. The van der Waals surface area contributed by atoms with Gasteiger partial charge in [-0.05, 0) is 17.2 Å². The van der Waals surface area contributed by atoms with Crippen LogP contribution in [-0.4, -0.2) is 10.1 Å². The Morgan fingerprint density at radius 2 is 1.95 bits per heavy atom. The molecule has 0 radical (unpaired) electrons. The van der Waals surface area contributed by atoms with E-state index in [0.717, 1.165) is 17.4 Å². The maximum atomic E-state index is 5.31. The SMILES string of the molecule is CCC(Br)c1nc(-c2cccc3ccccc23)no1. The molecule has 3 rings (SSSR count). The summed E-state index contributed by atoms with van der Waals surface area (Å²) in [6.07, 6.45) is 0.914. The second-order valence-electron chi connectivity index (χ2n) is 4.36. The molecule has 0 saturated carbocycles. The van der Waals surface area contributed by atoms with Crippen LogP contribution in [0.2, 0.25) is 0 Å². The molecule has 0 amide bonds. The number of hydrogen-bond donors (Lipinski definition) is 0. The Bertz CT molecular complexity index is 703. The average Bonchev–Trinajstić information content (AvgIpc) is 2.95. The monoisotopic (exact) mass is 316 g/mol. The molecule has 3 nitrogen and oxygen atoms in total. The fraction of sp³-hybridized carbons (Fsp3) is 0.200. The van der Waals surface area contributed by atoms with Gasteiger partial charge in [0.15, 0.2) is 0 Å². The molecule has 0 saturated heterocycles. The molecule has 19 heavy (non-hydrogen) atoms. The molecule has 0 bridgehead atoms. The Kier molecular flexibility index (Phi) is 3.34. The molecule has 0 N–H and O–H groups in total.